The molecule has 7 nitrogen and oxygen atoms in total. The van der Waals surface area contributed by atoms with Crippen LogP contribution in [0, 0.1) is 0 Å². The molecule has 1 aliphatic heterocycles. The minimum atomic E-state index is -0.397. The van der Waals surface area contributed by atoms with Crippen molar-refractivity contribution in [1.29, 1.82) is 0 Å². The SMILES string of the molecule is C=CCN1C(=O)c2ccc(C(=O)NCCNCCOC)cc2C1=O.Cl. The van der Waals surface area contributed by atoms with Gasteiger partial charge in [0.15, 0.2) is 0 Å². The molecule has 0 spiro atoms. The molecule has 1 heterocycles. The zero-order valence-corrected chi connectivity index (χ0v) is 14.9. The fourth-order valence-corrected chi connectivity index (χ4v) is 2.39. The third-order valence-electron chi connectivity index (χ3n) is 3.61. The average molecular weight is 368 g/mol. The van der Waals surface area contributed by atoms with Crippen molar-refractivity contribution < 1.29 is 19.1 Å². The lowest BCUT2D eigenvalue weighted by molar-refractivity contribution is 0.0672. The standard InChI is InChI=1S/C17H21N3O4.ClH/c1-3-9-20-16(22)13-5-4-12(11-14(13)17(20)23)15(21)19-7-6-18-8-10-24-2;/h3-5,11,18H,1,6-10H2,2H3,(H,19,21);1H. The van der Waals surface area contributed by atoms with Crippen LogP contribution in [0.2, 0.25) is 0 Å². The number of hydrogen-bond acceptors (Lipinski definition) is 5. The van der Waals surface area contributed by atoms with Crippen LogP contribution in [0.15, 0.2) is 30.9 Å². The first-order valence-electron chi connectivity index (χ1n) is 7.69. The van der Waals surface area contributed by atoms with Crippen LogP contribution in [0.4, 0.5) is 0 Å². The summed E-state index contributed by atoms with van der Waals surface area (Å²) >= 11 is 0. The van der Waals surface area contributed by atoms with E-state index in [4.69, 9.17) is 4.74 Å². The molecule has 8 heteroatoms. The van der Waals surface area contributed by atoms with Gasteiger partial charge < -0.3 is 15.4 Å². The van der Waals surface area contributed by atoms with Crippen molar-refractivity contribution >= 4 is 30.1 Å². The molecule has 0 atom stereocenters. The highest BCUT2D eigenvalue weighted by Crippen LogP contribution is 2.23. The summed E-state index contributed by atoms with van der Waals surface area (Å²) in [5.74, 6) is -1.04. The zero-order valence-electron chi connectivity index (χ0n) is 14.0. The molecule has 136 valence electrons. The maximum Gasteiger partial charge on any atom is 0.261 e. The summed E-state index contributed by atoms with van der Waals surface area (Å²) in [6.45, 7) is 6.08. The summed E-state index contributed by atoms with van der Waals surface area (Å²) < 4.78 is 4.91. The normalized spacial score (nSPS) is 12.6. The highest BCUT2D eigenvalue weighted by atomic mass is 35.5. The first kappa shape index (κ1) is 20.8. The van der Waals surface area contributed by atoms with Crippen molar-refractivity contribution in [2.24, 2.45) is 0 Å². The number of benzene rings is 1. The minimum Gasteiger partial charge on any atom is -0.383 e. The van der Waals surface area contributed by atoms with Crippen LogP contribution < -0.4 is 10.6 Å². The molecule has 0 aromatic heterocycles. The van der Waals surface area contributed by atoms with E-state index >= 15 is 0 Å². The Morgan fingerprint density at radius 2 is 1.92 bits per heavy atom. The molecule has 0 saturated heterocycles. The lowest BCUT2D eigenvalue weighted by atomic mass is 10.1. The van der Waals surface area contributed by atoms with Gasteiger partial charge in [0.25, 0.3) is 17.7 Å². The molecular weight excluding hydrogens is 346 g/mol. The van der Waals surface area contributed by atoms with Crippen LogP contribution in [0.25, 0.3) is 0 Å². The summed E-state index contributed by atoms with van der Waals surface area (Å²) in [6.07, 6.45) is 1.49. The fraction of sp³-hybridized carbons (Fsp3) is 0.353. The van der Waals surface area contributed by atoms with Crippen LogP contribution in [-0.4, -0.2) is 62.5 Å². The van der Waals surface area contributed by atoms with Crippen LogP contribution in [-0.2, 0) is 4.74 Å². The Bertz CT molecular complexity index is 663. The second kappa shape index (κ2) is 9.93. The lowest BCUT2D eigenvalue weighted by Crippen LogP contribution is -2.33. The molecule has 2 rings (SSSR count). The molecule has 0 saturated carbocycles. The molecule has 1 aromatic carbocycles. The molecule has 0 bridgehead atoms. The Morgan fingerprint density at radius 3 is 2.60 bits per heavy atom. The number of amides is 3. The smallest absolute Gasteiger partial charge is 0.261 e. The number of imide groups is 1. The summed E-state index contributed by atoms with van der Waals surface area (Å²) in [5.41, 5.74) is 0.930. The summed E-state index contributed by atoms with van der Waals surface area (Å²) in [4.78, 5) is 37.6. The molecule has 1 aromatic rings. The molecule has 0 fully saturated rings. The summed E-state index contributed by atoms with van der Waals surface area (Å²) in [6, 6.07) is 4.53. The lowest BCUT2D eigenvalue weighted by Gasteiger charge is -2.09. The van der Waals surface area contributed by atoms with E-state index in [-0.39, 0.29) is 36.3 Å². The number of carbonyl (C=O) groups excluding carboxylic acids is 3. The van der Waals surface area contributed by atoms with Gasteiger partial charge in [0, 0.05) is 38.9 Å². The number of nitrogens with one attached hydrogen (secondary N) is 2. The van der Waals surface area contributed by atoms with E-state index in [1.807, 2.05) is 0 Å². The van der Waals surface area contributed by atoms with E-state index in [1.165, 1.54) is 18.2 Å². The van der Waals surface area contributed by atoms with Crippen molar-refractivity contribution in [2.75, 3.05) is 39.9 Å². The number of methoxy groups -OCH3 is 1. The van der Waals surface area contributed by atoms with Crippen molar-refractivity contribution in [2.45, 2.75) is 0 Å². The number of halogens is 1. The van der Waals surface area contributed by atoms with Crippen LogP contribution >= 0.6 is 12.4 Å². The van der Waals surface area contributed by atoms with Crippen LogP contribution in [0.1, 0.15) is 31.1 Å². The first-order valence-corrected chi connectivity index (χ1v) is 7.69. The van der Waals surface area contributed by atoms with E-state index in [0.29, 0.717) is 37.4 Å². The van der Waals surface area contributed by atoms with Crippen molar-refractivity contribution in [3.05, 3.63) is 47.5 Å². The molecule has 0 radical (unpaired) electrons. The summed E-state index contributed by atoms with van der Waals surface area (Å²) in [7, 11) is 1.62. The number of carbonyl (C=O) groups is 3. The Hall–Kier alpha value is -2.22. The Morgan fingerprint density at radius 1 is 1.20 bits per heavy atom. The van der Waals surface area contributed by atoms with Gasteiger partial charge in [0.1, 0.15) is 0 Å². The van der Waals surface area contributed by atoms with Crippen LogP contribution in [0.5, 0.6) is 0 Å². The van der Waals surface area contributed by atoms with Gasteiger partial charge in [-0.1, -0.05) is 6.08 Å². The highest BCUT2D eigenvalue weighted by Gasteiger charge is 2.35. The number of nitrogens with zero attached hydrogens (tertiary/aromatic N) is 1. The number of rotatable bonds is 9. The first-order chi connectivity index (χ1) is 11.6. The van der Waals surface area contributed by atoms with Crippen molar-refractivity contribution in [3.8, 4) is 0 Å². The topological polar surface area (TPSA) is 87.7 Å². The molecule has 25 heavy (non-hydrogen) atoms. The largest absolute Gasteiger partial charge is 0.383 e. The molecule has 2 N–H and O–H groups in total. The van der Waals surface area contributed by atoms with Gasteiger partial charge in [-0.15, -0.1) is 19.0 Å². The fourth-order valence-electron chi connectivity index (χ4n) is 2.39. The van der Waals surface area contributed by atoms with E-state index in [1.54, 1.807) is 13.2 Å². The molecule has 0 aliphatic carbocycles. The maximum absolute atomic E-state index is 12.2. The van der Waals surface area contributed by atoms with Crippen molar-refractivity contribution in [3.63, 3.8) is 0 Å². The predicted molar refractivity (Wildman–Crippen MR) is 96.3 cm³/mol. The van der Waals surface area contributed by atoms with Gasteiger partial charge in [-0.05, 0) is 18.2 Å². The third kappa shape index (κ3) is 4.88. The van der Waals surface area contributed by atoms with E-state index in [9.17, 15) is 14.4 Å². The van der Waals surface area contributed by atoms with Gasteiger partial charge in [0.2, 0.25) is 0 Å². The van der Waals surface area contributed by atoms with Crippen LogP contribution in [0.3, 0.4) is 0 Å². The molecule has 1 aliphatic rings. The van der Waals surface area contributed by atoms with Gasteiger partial charge in [0.05, 0.1) is 17.7 Å². The zero-order chi connectivity index (χ0) is 17.5. The predicted octanol–water partition coefficient (Wildman–Crippen LogP) is 0.856. The molecule has 0 unspecified atom stereocenters. The molecule has 3 amide bonds. The highest BCUT2D eigenvalue weighted by molar-refractivity contribution is 6.22. The van der Waals surface area contributed by atoms with E-state index < -0.39 is 5.91 Å². The average Bonchev–Trinajstić information content (AvgIpc) is 2.82. The monoisotopic (exact) mass is 367 g/mol. The molecular formula is C17H22ClN3O4. The third-order valence-corrected chi connectivity index (χ3v) is 3.61. The van der Waals surface area contributed by atoms with E-state index in [0.717, 1.165) is 4.90 Å². The Balaban J connectivity index is 0.00000312. The van der Waals surface area contributed by atoms with Gasteiger partial charge in [-0.2, -0.15) is 0 Å². The van der Waals surface area contributed by atoms with Gasteiger partial charge in [-0.25, -0.2) is 0 Å². The van der Waals surface area contributed by atoms with Crippen molar-refractivity contribution in [1.82, 2.24) is 15.5 Å². The van der Waals surface area contributed by atoms with Gasteiger partial charge >= 0.3 is 0 Å². The maximum atomic E-state index is 12.2. The summed E-state index contributed by atoms with van der Waals surface area (Å²) in [5, 5.41) is 5.87. The number of fused-ring (bicyclic) bond motifs is 1. The van der Waals surface area contributed by atoms with E-state index in [2.05, 4.69) is 17.2 Å². The quantitative estimate of drug-likeness (QED) is 0.384. The second-order valence-corrected chi connectivity index (χ2v) is 5.27. The van der Waals surface area contributed by atoms with Gasteiger partial charge in [-0.3, -0.25) is 19.3 Å². The second-order valence-electron chi connectivity index (χ2n) is 5.27. The number of hydrogen-bond donors (Lipinski definition) is 2. The Kier molecular flexibility index (Phi) is 8.27. The number of ether oxygens (including phenoxy) is 1. The minimum absolute atomic E-state index is 0. The Labute approximate surface area is 152 Å².